The molecule has 2 amide bonds. The van der Waals surface area contributed by atoms with Gasteiger partial charge in [0.15, 0.2) is 0 Å². The number of ether oxygens (including phenoxy) is 1. The number of hydrogen-bond acceptors (Lipinski definition) is 3. The minimum Gasteiger partial charge on any atom is -0.444 e. The second kappa shape index (κ2) is 3.87. The maximum atomic E-state index is 12.2. The number of amides is 2. The average Bonchev–Trinajstić information content (AvgIpc) is 2.89. The standard InChI is InChI=1S/C13H13NO3/c15-12(9-5-2-1-3-6-9)14-10-7-4-8-11(10)17-13(14)16/h1-3,5-6,10-11H,4,7-8H2/t10-,11+/m1/s1. The van der Waals surface area contributed by atoms with Gasteiger partial charge in [0.05, 0.1) is 6.04 Å². The topological polar surface area (TPSA) is 46.6 Å². The first-order valence-electron chi connectivity index (χ1n) is 5.86. The molecule has 1 heterocycles. The summed E-state index contributed by atoms with van der Waals surface area (Å²) in [6.45, 7) is 0. The van der Waals surface area contributed by atoms with Crippen LogP contribution in [0.5, 0.6) is 0 Å². The molecule has 1 aliphatic carbocycles. The fourth-order valence-electron chi connectivity index (χ4n) is 2.61. The molecular formula is C13H13NO3. The average molecular weight is 231 g/mol. The van der Waals surface area contributed by atoms with E-state index in [0.29, 0.717) is 5.56 Å². The van der Waals surface area contributed by atoms with Gasteiger partial charge in [-0.3, -0.25) is 4.79 Å². The molecule has 2 fully saturated rings. The summed E-state index contributed by atoms with van der Waals surface area (Å²) in [5.41, 5.74) is 0.539. The predicted molar refractivity (Wildman–Crippen MR) is 60.5 cm³/mol. The molecule has 88 valence electrons. The molecule has 0 spiro atoms. The third kappa shape index (κ3) is 1.60. The zero-order valence-corrected chi connectivity index (χ0v) is 9.33. The molecule has 1 aromatic rings. The van der Waals surface area contributed by atoms with Crippen molar-refractivity contribution in [2.75, 3.05) is 0 Å². The zero-order valence-electron chi connectivity index (χ0n) is 9.33. The predicted octanol–water partition coefficient (Wildman–Crippen LogP) is 2.20. The van der Waals surface area contributed by atoms with E-state index in [1.54, 1.807) is 24.3 Å². The smallest absolute Gasteiger partial charge is 0.417 e. The molecule has 1 aliphatic heterocycles. The van der Waals surface area contributed by atoms with Crippen molar-refractivity contribution in [2.45, 2.75) is 31.4 Å². The summed E-state index contributed by atoms with van der Waals surface area (Å²) < 4.78 is 5.21. The van der Waals surface area contributed by atoms with E-state index in [1.165, 1.54) is 4.90 Å². The highest BCUT2D eigenvalue weighted by Gasteiger charge is 2.47. The second-order valence-corrected chi connectivity index (χ2v) is 4.46. The Morgan fingerprint density at radius 3 is 2.76 bits per heavy atom. The third-order valence-electron chi connectivity index (χ3n) is 3.44. The Morgan fingerprint density at radius 1 is 1.24 bits per heavy atom. The fraction of sp³-hybridized carbons (Fsp3) is 0.385. The van der Waals surface area contributed by atoms with Crippen molar-refractivity contribution in [2.24, 2.45) is 0 Å². The number of imide groups is 1. The van der Waals surface area contributed by atoms with Gasteiger partial charge < -0.3 is 4.74 Å². The summed E-state index contributed by atoms with van der Waals surface area (Å²) in [5, 5.41) is 0. The lowest BCUT2D eigenvalue weighted by Gasteiger charge is -2.17. The number of hydrogen-bond donors (Lipinski definition) is 0. The van der Waals surface area contributed by atoms with Crippen molar-refractivity contribution in [3.63, 3.8) is 0 Å². The Morgan fingerprint density at radius 2 is 2.00 bits per heavy atom. The summed E-state index contributed by atoms with van der Waals surface area (Å²) in [7, 11) is 0. The van der Waals surface area contributed by atoms with Crippen LogP contribution in [-0.4, -0.2) is 29.0 Å². The number of nitrogens with zero attached hydrogens (tertiary/aromatic N) is 1. The molecule has 2 aliphatic rings. The molecule has 0 aromatic heterocycles. The third-order valence-corrected chi connectivity index (χ3v) is 3.44. The number of carbonyl (C=O) groups excluding carboxylic acids is 2. The van der Waals surface area contributed by atoms with Crippen LogP contribution in [0.3, 0.4) is 0 Å². The zero-order chi connectivity index (χ0) is 11.8. The normalized spacial score (nSPS) is 26.8. The van der Waals surface area contributed by atoms with Crippen LogP contribution >= 0.6 is 0 Å². The number of fused-ring (bicyclic) bond motifs is 1. The highest BCUT2D eigenvalue weighted by Crippen LogP contribution is 2.33. The van der Waals surface area contributed by atoms with E-state index in [2.05, 4.69) is 0 Å². The van der Waals surface area contributed by atoms with Gasteiger partial charge in [-0.1, -0.05) is 18.2 Å². The summed E-state index contributed by atoms with van der Waals surface area (Å²) in [4.78, 5) is 25.2. The van der Waals surface area contributed by atoms with Crippen molar-refractivity contribution in [3.8, 4) is 0 Å². The van der Waals surface area contributed by atoms with Crippen LogP contribution < -0.4 is 0 Å². The van der Waals surface area contributed by atoms with Crippen LogP contribution in [0.1, 0.15) is 29.6 Å². The lowest BCUT2D eigenvalue weighted by molar-refractivity contribution is 0.0772. The van der Waals surface area contributed by atoms with E-state index in [4.69, 9.17) is 4.74 Å². The Hall–Kier alpha value is -1.84. The molecule has 2 atom stereocenters. The molecule has 1 aromatic carbocycles. The largest absolute Gasteiger partial charge is 0.444 e. The van der Waals surface area contributed by atoms with Crippen LogP contribution in [-0.2, 0) is 4.74 Å². The van der Waals surface area contributed by atoms with Crippen LogP contribution in [0.2, 0.25) is 0 Å². The molecule has 1 saturated carbocycles. The van der Waals surface area contributed by atoms with Crippen LogP contribution in [0.4, 0.5) is 4.79 Å². The first-order valence-corrected chi connectivity index (χ1v) is 5.86. The number of rotatable bonds is 1. The molecule has 0 unspecified atom stereocenters. The van der Waals surface area contributed by atoms with Gasteiger partial charge in [0.25, 0.3) is 5.91 Å². The van der Waals surface area contributed by atoms with Gasteiger partial charge in [0, 0.05) is 5.56 Å². The van der Waals surface area contributed by atoms with E-state index >= 15 is 0 Å². The lowest BCUT2D eigenvalue weighted by Crippen LogP contribution is -2.39. The van der Waals surface area contributed by atoms with Gasteiger partial charge in [0.2, 0.25) is 0 Å². The minimum atomic E-state index is -0.492. The minimum absolute atomic E-state index is 0.0600. The maximum absolute atomic E-state index is 12.2. The van der Waals surface area contributed by atoms with Crippen molar-refractivity contribution >= 4 is 12.0 Å². The van der Waals surface area contributed by atoms with E-state index in [1.807, 2.05) is 6.07 Å². The summed E-state index contributed by atoms with van der Waals surface area (Å²) in [6, 6.07) is 8.81. The molecule has 0 bridgehead atoms. The Labute approximate surface area is 99.2 Å². The van der Waals surface area contributed by atoms with Crippen molar-refractivity contribution in [3.05, 3.63) is 35.9 Å². The highest BCUT2D eigenvalue weighted by molar-refractivity contribution is 6.04. The van der Waals surface area contributed by atoms with Gasteiger partial charge in [-0.15, -0.1) is 0 Å². The van der Waals surface area contributed by atoms with Crippen molar-refractivity contribution in [1.82, 2.24) is 4.90 Å². The van der Waals surface area contributed by atoms with Crippen molar-refractivity contribution < 1.29 is 14.3 Å². The van der Waals surface area contributed by atoms with Gasteiger partial charge in [0.1, 0.15) is 6.10 Å². The Kier molecular flexibility index (Phi) is 2.35. The number of benzene rings is 1. The molecule has 3 rings (SSSR count). The van der Waals surface area contributed by atoms with E-state index in [0.717, 1.165) is 19.3 Å². The lowest BCUT2D eigenvalue weighted by atomic mass is 10.1. The highest BCUT2D eigenvalue weighted by atomic mass is 16.6. The molecule has 1 saturated heterocycles. The van der Waals surface area contributed by atoms with Crippen molar-refractivity contribution in [1.29, 1.82) is 0 Å². The maximum Gasteiger partial charge on any atom is 0.417 e. The van der Waals surface area contributed by atoms with Gasteiger partial charge >= 0.3 is 6.09 Å². The monoisotopic (exact) mass is 231 g/mol. The summed E-state index contributed by atoms with van der Waals surface area (Å²) in [6.07, 6.45) is 2.16. The molecule has 4 nitrogen and oxygen atoms in total. The van der Waals surface area contributed by atoms with Gasteiger partial charge in [-0.25, -0.2) is 9.69 Å². The summed E-state index contributed by atoms with van der Waals surface area (Å²) >= 11 is 0. The molecule has 0 radical (unpaired) electrons. The van der Waals surface area contributed by atoms with Crippen LogP contribution in [0.25, 0.3) is 0 Å². The fourth-order valence-corrected chi connectivity index (χ4v) is 2.61. The van der Waals surface area contributed by atoms with Crippen LogP contribution in [0.15, 0.2) is 30.3 Å². The van der Waals surface area contributed by atoms with E-state index < -0.39 is 6.09 Å². The van der Waals surface area contributed by atoms with Gasteiger partial charge in [-0.05, 0) is 31.4 Å². The first kappa shape index (κ1) is 10.3. The van der Waals surface area contributed by atoms with Gasteiger partial charge in [-0.2, -0.15) is 0 Å². The van der Waals surface area contributed by atoms with Crippen LogP contribution in [0, 0.1) is 0 Å². The second-order valence-electron chi connectivity index (χ2n) is 4.46. The molecule has 0 N–H and O–H groups in total. The first-order chi connectivity index (χ1) is 8.27. The van der Waals surface area contributed by atoms with E-state index in [-0.39, 0.29) is 18.1 Å². The SMILES string of the molecule is O=C1O[C@H]2CCC[C@H]2N1C(=O)c1ccccc1. The Balaban J connectivity index is 1.89. The van der Waals surface area contributed by atoms with E-state index in [9.17, 15) is 9.59 Å². The molecular weight excluding hydrogens is 218 g/mol. The number of carbonyl (C=O) groups is 2. The quantitative estimate of drug-likeness (QED) is 0.744. The summed E-state index contributed by atoms with van der Waals surface area (Å²) in [5.74, 6) is -0.245. The Bertz CT molecular complexity index is 457. The molecule has 4 heteroatoms. The molecule has 17 heavy (non-hydrogen) atoms.